The Morgan fingerprint density at radius 1 is 1.00 bits per heavy atom. The van der Waals surface area contributed by atoms with Crippen molar-refractivity contribution in [3.8, 4) is 0 Å². The predicted octanol–water partition coefficient (Wildman–Crippen LogP) is -1.15. The van der Waals surface area contributed by atoms with Crippen LogP contribution in [-0.2, 0) is 36.5 Å². The Bertz CT molecular complexity index is 11.6. The fraction of sp³-hybridized carbons (Fsp3) is 0. The molecule has 0 rings (SSSR count). The van der Waals surface area contributed by atoms with Crippen LogP contribution in [0.5, 0.6) is 0 Å². The molecule has 0 atom stereocenters. The molecule has 0 aliphatic heterocycles. The summed E-state index contributed by atoms with van der Waals surface area (Å²) in [6, 6.07) is 0. The average molecular weight is 232 g/mol. The molecule has 5 heavy (non-hydrogen) atoms. The van der Waals surface area contributed by atoms with Crippen LogP contribution < -0.4 is 0 Å². The largest absolute Gasteiger partial charge is 0 e. The smallest absolute Gasteiger partial charge is 0 e. The van der Waals surface area contributed by atoms with Crippen LogP contribution in [0.15, 0.2) is 0 Å². The number of hydrogen-bond donors (Lipinski definition) is 0. The molecule has 0 nitrogen and oxygen atoms in total. The monoisotopic (exact) mass is 230 g/mol. The maximum Gasteiger partial charge on any atom is 0 e. The van der Waals surface area contributed by atoms with E-state index >= 15 is 0 Å². The van der Waals surface area contributed by atoms with Crippen LogP contribution >= 0.6 is 0 Å². The molecule has 0 heterocycles. The van der Waals surface area contributed by atoms with Crippen LogP contribution in [-0.4, -0.2) is 112 Å². The van der Waals surface area contributed by atoms with Crippen molar-refractivity contribution >= 4 is 112 Å². The number of rotatable bonds is 0. The van der Waals surface area contributed by atoms with E-state index in [0.29, 0.717) is 0 Å². The van der Waals surface area contributed by atoms with Gasteiger partial charge >= 0.3 is 0 Å². The SMILES string of the molecule is [Ca].[Cu].[K].[Mg].[Zn]. The second-order valence-corrected chi connectivity index (χ2v) is 0. The van der Waals surface area contributed by atoms with Crippen molar-refractivity contribution in [2.24, 2.45) is 0 Å². The zero-order valence-electron chi connectivity index (χ0n) is 3.42. The standard InChI is InChI=1S/Ca.Cu.K.Mg.Zn. The zero-order chi connectivity index (χ0) is 0. The summed E-state index contributed by atoms with van der Waals surface area (Å²) in [5.74, 6) is 0. The van der Waals surface area contributed by atoms with Crippen LogP contribution in [0.3, 0.4) is 0 Å². The van der Waals surface area contributed by atoms with Gasteiger partial charge in [-0.05, 0) is 0 Å². The van der Waals surface area contributed by atoms with E-state index < -0.39 is 0 Å². The van der Waals surface area contributed by atoms with Crippen LogP contribution in [0.4, 0.5) is 0 Å². The normalized spacial score (nSPS) is 0. The number of hydrogen-bond acceptors (Lipinski definition) is 0. The minimum Gasteiger partial charge on any atom is 0 e. The van der Waals surface area contributed by atoms with Gasteiger partial charge in [0.05, 0.1) is 0 Å². The molecule has 0 aromatic rings. The Kier molecular flexibility index (Phi) is 153. The third kappa shape index (κ3) is 17.7. The first-order valence-electron chi connectivity index (χ1n) is 0. The van der Waals surface area contributed by atoms with Crippen molar-refractivity contribution in [3.63, 3.8) is 0 Å². The summed E-state index contributed by atoms with van der Waals surface area (Å²) < 4.78 is 0. The summed E-state index contributed by atoms with van der Waals surface area (Å²) in [6.45, 7) is 0. The van der Waals surface area contributed by atoms with E-state index in [0.717, 1.165) is 0 Å². The van der Waals surface area contributed by atoms with Crippen molar-refractivity contribution in [2.75, 3.05) is 0 Å². The average Bonchev–Trinajstić information content (AvgIpc) is 0. The molecule has 0 aromatic heterocycles. The molecule has 0 spiro atoms. The first-order valence-corrected chi connectivity index (χ1v) is 0. The van der Waals surface area contributed by atoms with Gasteiger partial charge in [-0.2, -0.15) is 0 Å². The summed E-state index contributed by atoms with van der Waals surface area (Å²) in [6.07, 6.45) is 0. The summed E-state index contributed by atoms with van der Waals surface area (Å²) in [7, 11) is 0. The maximum absolute atomic E-state index is 0. The van der Waals surface area contributed by atoms with Gasteiger partial charge in [-0.1, -0.05) is 0 Å². The molecule has 5 heteroatoms. The molecule has 0 aromatic carbocycles. The maximum atomic E-state index is 0. The summed E-state index contributed by atoms with van der Waals surface area (Å²) in [5, 5.41) is 0. The van der Waals surface area contributed by atoms with Crippen molar-refractivity contribution in [1.82, 2.24) is 0 Å². The van der Waals surface area contributed by atoms with E-state index in [2.05, 4.69) is 0 Å². The summed E-state index contributed by atoms with van der Waals surface area (Å²) in [5.41, 5.74) is 0. The van der Waals surface area contributed by atoms with Crippen molar-refractivity contribution < 1.29 is 36.5 Å². The van der Waals surface area contributed by atoms with Crippen molar-refractivity contribution in [3.05, 3.63) is 0 Å². The predicted molar refractivity (Wildman–Crippen MR) is 17.3 cm³/mol. The summed E-state index contributed by atoms with van der Waals surface area (Å²) in [4.78, 5) is 0. The zero-order valence-corrected chi connectivity index (χ0v) is 14.1. The molecule has 0 saturated carbocycles. The molecule has 0 unspecified atom stereocenters. The Morgan fingerprint density at radius 2 is 1.00 bits per heavy atom. The van der Waals surface area contributed by atoms with E-state index in [1.54, 1.807) is 0 Å². The Morgan fingerprint density at radius 3 is 1.00 bits per heavy atom. The molecule has 0 aliphatic carbocycles. The van der Waals surface area contributed by atoms with E-state index in [-0.39, 0.29) is 149 Å². The molecule has 0 fully saturated rings. The molecular weight excluding hydrogens is 232 g/mol. The van der Waals surface area contributed by atoms with Crippen LogP contribution in [0.25, 0.3) is 0 Å². The van der Waals surface area contributed by atoms with Gasteiger partial charge in [0.2, 0.25) is 0 Å². The van der Waals surface area contributed by atoms with Gasteiger partial charge in [0.15, 0.2) is 0 Å². The molecule has 0 N–H and O–H groups in total. The van der Waals surface area contributed by atoms with E-state index in [1.807, 2.05) is 0 Å². The third-order valence-corrected chi connectivity index (χ3v) is 0. The first-order chi connectivity index (χ1) is 0. The molecule has 0 saturated heterocycles. The Balaban J connectivity index is 0. The topological polar surface area (TPSA) is 0 Å². The van der Waals surface area contributed by atoms with Gasteiger partial charge in [-0.25, -0.2) is 0 Å². The Hall–Kier alpha value is 4.81. The third-order valence-electron chi connectivity index (χ3n) is 0. The fourth-order valence-electron chi connectivity index (χ4n) is 0. The molecule has 18 valence electrons. The van der Waals surface area contributed by atoms with Gasteiger partial charge in [0.25, 0.3) is 0 Å². The van der Waals surface area contributed by atoms with E-state index in [1.165, 1.54) is 0 Å². The minimum atomic E-state index is 0. The molecule has 6 radical (unpaired) electrons. The molecular formula is CaCuKMgZn. The van der Waals surface area contributed by atoms with Gasteiger partial charge in [-0.3, -0.25) is 0 Å². The fourth-order valence-corrected chi connectivity index (χ4v) is 0. The second kappa shape index (κ2) is 23.2. The second-order valence-electron chi connectivity index (χ2n) is 0. The van der Waals surface area contributed by atoms with E-state index in [9.17, 15) is 0 Å². The Labute approximate surface area is 144 Å². The van der Waals surface area contributed by atoms with Crippen LogP contribution in [0.2, 0.25) is 0 Å². The first kappa shape index (κ1) is 32.9. The quantitative estimate of drug-likeness (QED) is 0.463. The molecule has 0 amide bonds. The van der Waals surface area contributed by atoms with Crippen molar-refractivity contribution in [2.45, 2.75) is 0 Å². The van der Waals surface area contributed by atoms with Gasteiger partial charge in [0, 0.05) is 149 Å². The van der Waals surface area contributed by atoms with Crippen molar-refractivity contribution in [1.29, 1.82) is 0 Å². The van der Waals surface area contributed by atoms with Gasteiger partial charge in [-0.15, -0.1) is 0 Å². The van der Waals surface area contributed by atoms with Crippen LogP contribution in [0, 0.1) is 0 Å². The van der Waals surface area contributed by atoms with E-state index in [4.69, 9.17) is 0 Å². The molecule has 0 bridgehead atoms. The summed E-state index contributed by atoms with van der Waals surface area (Å²) >= 11 is 0. The molecule has 0 aliphatic rings. The van der Waals surface area contributed by atoms with Gasteiger partial charge < -0.3 is 0 Å². The minimum absolute atomic E-state index is 0. The van der Waals surface area contributed by atoms with Gasteiger partial charge in [0.1, 0.15) is 0 Å². The van der Waals surface area contributed by atoms with Crippen LogP contribution in [0.1, 0.15) is 0 Å².